The lowest BCUT2D eigenvalue weighted by Gasteiger charge is -2.04. The molecule has 0 aliphatic carbocycles. The van der Waals surface area contributed by atoms with Crippen molar-refractivity contribution in [1.29, 1.82) is 0 Å². The van der Waals surface area contributed by atoms with Crippen molar-refractivity contribution in [3.63, 3.8) is 0 Å². The predicted octanol–water partition coefficient (Wildman–Crippen LogP) is 0.957. The van der Waals surface area contributed by atoms with Crippen LogP contribution in [0.5, 0.6) is 0 Å². The zero-order valence-corrected chi connectivity index (χ0v) is 9.14. The molecule has 0 N–H and O–H groups in total. The second-order valence-corrected chi connectivity index (χ2v) is 4.24. The van der Waals surface area contributed by atoms with E-state index < -0.39 is 0 Å². The van der Waals surface area contributed by atoms with Crippen molar-refractivity contribution in [3.05, 3.63) is 18.0 Å². The summed E-state index contributed by atoms with van der Waals surface area (Å²) in [5.41, 5.74) is 0.988. The van der Waals surface area contributed by atoms with E-state index in [1.807, 2.05) is 20.2 Å². The standard InChI is InChI=1S/C11H16N2O2/c1-8-3-10(7-15-8)11(14)4-9-5-12-13(2)6-9/h5-6,8,10H,3-4,7H2,1-2H3. The summed E-state index contributed by atoms with van der Waals surface area (Å²) in [6.07, 6.45) is 5.20. The van der Waals surface area contributed by atoms with Crippen LogP contribution >= 0.6 is 0 Å². The van der Waals surface area contributed by atoms with Gasteiger partial charge in [0, 0.05) is 25.6 Å². The Morgan fingerprint density at radius 3 is 3.07 bits per heavy atom. The predicted molar refractivity (Wildman–Crippen MR) is 55.4 cm³/mol. The Balaban J connectivity index is 1.92. The van der Waals surface area contributed by atoms with Gasteiger partial charge in [-0.15, -0.1) is 0 Å². The average Bonchev–Trinajstić information content (AvgIpc) is 2.75. The number of rotatable bonds is 3. The third-order valence-corrected chi connectivity index (χ3v) is 2.79. The van der Waals surface area contributed by atoms with Gasteiger partial charge < -0.3 is 4.74 Å². The monoisotopic (exact) mass is 208 g/mol. The molecule has 1 aromatic heterocycles. The number of nitrogens with zero attached hydrogens (tertiary/aromatic N) is 2. The van der Waals surface area contributed by atoms with E-state index in [-0.39, 0.29) is 17.8 Å². The molecule has 0 bridgehead atoms. The minimum absolute atomic E-state index is 0.0835. The van der Waals surface area contributed by atoms with E-state index in [2.05, 4.69) is 5.10 Å². The fourth-order valence-corrected chi connectivity index (χ4v) is 1.95. The Bertz CT molecular complexity index is 359. The molecule has 1 aliphatic heterocycles. The number of aryl methyl sites for hydroxylation is 1. The van der Waals surface area contributed by atoms with E-state index in [1.54, 1.807) is 10.9 Å². The molecule has 1 aliphatic rings. The SMILES string of the molecule is CC1CC(C(=O)Cc2cnn(C)c2)CO1. The van der Waals surface area contributed by atoms with Gasteiger partial charge in [-0.25, -0.2) is 0 Å². The van der Waals surface area contributed by atoms with Crippen LogP contribution in [0.3, 0.4) is 0 Å². The number of carbonyl (C=O) groups excluding carboxylic acids is 1. The van der Waals surface area contributed by atoms with Gasteiger partial charge >= 0.3 is 0 Å². The number of hydrogen-bond acceptors (Lipinski definition) is 3. The largest absolute Gasteiger partial charge is 0.378 e. The molecule has 4 nitrogen and oxygen atoms in total. The van der Waals surface area contributed by atoms with Crippen LogP contribution in [0.25, 0.3) is 0 Å². The first-order chi connectivity index (χ1) is 7.15. The molecule has 4 heteroatoms. The Kier molecular flexibility index (Phi) is 2.86. The summed E-state index contributed by atoms with van der Waals surface area (Å²) in [6.45, 7) is 2.59. The fraction of sp³-hybridized carbons (Fsp3) is 0.636. The molecule has 2 heterocycles. The van der Waals surface area contributed by atoms with Gasteiger partial charge in [0.15, 0.2) is 0 Å². The molecule has 2 rings (SSSR count). The average molecular weight is 208 g/mol. The number of ketones is 1. The van der Waals surface area contributed by atoms with Crippen molar-refractivity contribution in [3.8, 4) is 0 Å². The minimum Gasteiger partial charge on any atom is -0.378 e. The van der Waals surface area contributed by atoms with Crippen LogP contribution in [0.1, 0.15) is 18.9 Å². The molecule has 1 aromatic rings. The van der Waals surface area contributed by atoms with Gasteiger partial charge in [0.1, 0.15) is 5.78 Å². The van der Waals surface area contributed by atoms with Gasteiger partial charge in [-0.2, -0.15) is 5.10 Å². The summed E-state index contributed by atoms with van der Waals surface area (Å²) >= 11 is 0. The molecular weight excluding hydrogens is 192 g/mol. The number of aromatic nitrogens is 2. The highest BCUT2D eigenvalue weighted by Crippen LogP contribution is 2.21. The van der Waals surface area contributed by atoms with Crippen LogP contribution in [-0.2, 0) is 23.0 Å². The van der Waals surface area contributed by atoms with Crippen LogP contribution in [0, 0.1) is 5.92 Å². The molecule has 1 saturated heterocycles. The zero-order valence-electron chi connectivity index (χ0n) is 9.14. The van der Waals surface area contributed by atoms with Crippen LogP contribution in [0.2, 0.25) is 0 Å². The maximum absolute atomic E-state index is 11.9. The third kappa shape index (κ3) is 2.45. The highest BCUT2D eigenvalue weighted by molar-refractivity contribution is 5.83. The van der Waals surface area contributed by atoms with Gasteiger partial charge in [-0.1, -0.05) is 0 Å². The van der Waals surface area contributed by atoms with Crippen molar-refractivity contribution >= 4 is 5.78 Å². The molecule has 2 unspecified atom stereocenters. The van der Waals surface area contributed by atoms with E-state index in [9.17, 15) is 4.79 Å². The Hall–Kier alpha value is -1.16. The van der Waals surface area contributed by atoms with Gasteiger partial charge in [-0.3, -0.25) is 9.48 Å². The van der Waals surface area contributed by atoms with Crippen molar-refractivity contribution in [2.24, 2.45) is 13.0 Å². The summed E-state index contributed by atoms with van der Waals surface area (Å²) in [5.74, 6) is 0.354. The number of Topliss-reactive ketones (excluding diaryl/α,β-unsaturated/α-hetero) is 1. The Labute approximate surface area is 89.2 Å². The fourth-order valence-electron chi connectivity index (χ4n) is 1.95. The molecular formula is C11H16N2O2. The van der Waals surface area contributed by atoms with E-state index in [4.69, 9.17) is 4.74 Å². The Morgan fingerprint density at radius 2 is 2.53 bits per heavy atom. The lowest BCUT2D eigenvalue weighted by molar-refractivity contribution is -0.122. The lowest BCUT2D eigenvalue weighted by atomic mass is 9.97. The van der Waals surface area contributed by atoms with Crippen LogP contribution < -0.4 is 0 Å². The summed E-state index contributed by atoms with van der Waals surface area (Å²) < 4.78 is 7.11. The number of carbonyl (C=O) groups is 1. The van der Waals surface area contributed by atoms with Crippen LogP contribution in [0.4, 0.5) is 0 Å². The third-order valence-electron chi connectivity index (χ3n) is 2.79. The first-order valence-electron chi connectivity index (χ1n) is 5.27. The first-order valence-corrected chi connectivity index (χ1v) is 5.27. The van der Waals surface area contributed by atoms with E-state index in [0.717, 1.165) is 12.0 Å². The molecule has 15 heavy (non-hydrogen) atoms. The van der Waals surface area contributed by atoms with Gasteiger partial charge in [0.05, 0.1) is 18.9 Å². The topological polar surface area (TPSA) is 44.1 Å². The Morgan fingerprint density at radius 1 is 1.73 bits per heavy atom. The second kappa shape index (κ2) is 4.14. The van der Waals surface area contributed by atoms with Crippen LogP contribution in [0.15, 0.2) is 12.4 Å². The highest BCUT2D eigenvalue weighted by atomic mass is 16.5. The molecule has 1 fully saturated rings. The van der Waals surface area contributed by atoms with Crippen molar-refractivity contribution < 1.29 is 9.53 Å². The molecule has 0 aromatic carbocycles. The van der Waals surface area contributed by atoms with Gasteiger partial charge in [0.25, 0.3) is 0 Å². The number of ether oxygens (including phenoxy) is 1. The first kappa shape index (κ1) is 10.4. The molecule has 0 saturated carbocycles. The van der Waals surface area contributed by atoms with Crippen molar-refractivity contribution in [1.82, 2.24) is 9.78 Å². The smallest absolute Gasteiger partial charge is 0.142 e. The van der Waals surface area contributed by atoms with Gasteiger partial charge in [0.2, 0.25) is 0 Å². The van der Waals surface area contributed by atoms with Crippen molar-refractivity contribution in [2.75, 3.05) is 6.61 Å². The van der Waals surface area contributed by atoms with E-state index in [0.29, 0.717) is 13.0 Å². The molecule has 0 radical (unpaired) electrons. The molecule has 82 valence electrons. The van der Waals surface area contributed by atoms with E-state index >= 15 is 0 Å². The second-order valence-electron chi connectivity index (χ2n) is 4.24. The van der Waals surface area contributed by atoms with Crippen LogP contribution in [-0.4, -0.2) is 28.3 Å². The zero-order chi connectivity index (χ0) is 10.8. The molecule has 0 amide bonds. The quantitative estimate of drug-likeness (QED) is 0.743. The maximum Gasteiger partial charge on any atom is 0.142 e. The minimum atomic E-state index is 0.0835. The maximum atomic E-state index is 11.9. The summed E-state index contributed by atoms with van der Waals surface area (Å²) in [6, 6.07) is 0. The highest BCUT2D eigenvalue weighted by Gasteiger charge is 2.27. The normalized spacial score (nSPS) is 25.7. The lowest BCUT2D eigenvalue weighted by Crippen LogP contribution is -2.16. The summed E-state index contributed by atoms with van der Waals surface area (Å²) in [4.78, 5) is 11.9. The van der Waals surface area contributed by atoms with Gasteiger partial charge in [-0.05, 0) is 18.9 Å². The summed E-state index contributed by atoms with van der Waals surface area (Å²) in [5, 5.41) is 4.04. The molecule has 2 atom stereocenters. The summed E-state index contributed by atoms with van der Waals surface area (Å²) in [7, 11) is 1.86. The number of hydrogen-bond donors (Lipinski definition) is 0. The van der Waals surface area contributed by atoms with E-state index in [1.165, 1.54) is 0 Å². The van der Waals surface area contributed by atoms with Crippen molar-refractivity contribution in [2.45, 2.75) is 25.9 Å². The molecule has 0 spiro atoms.